The summed E-state index contributed by atoms with van der Waals surface area (Å²) >= 11 is 0. The second-order valence-electron chi connectivity index (χ2n) is 3.32. The van der Waals surface area contributed by atoms with Crippen molar-refractivity contribution in [2.45, 2.75) is 6.17 Å². The highest BCUT2D eigenvalue weighted by molar-refractivity contribution is 6.41. The standard InChI is InChI=1S/C11H16N4O3/c1-13-9(15-6-4-5-14-15)7-8(17-2)10(12)11(16)18-3/h4-7,9,12-13H,1-3H3/b8-7+,12-10?. The number of methoxy groups -OCH3 is 2. The molecule has 1 heterocycles. The lowest BCUT2D eigenvalue weighted by Crippen LogP contribution is -2.25. The maximum Gasteiger partial charge on any atom is 0.359 e. The number of ether oxygens (including phenoxy) is 2. The van der Waals surface area contributed by atoms with Crippen LogP contribution >= 0.6 is 0 Å². The number of esters is 1. The summed E-state index contributed by atoms with van der Waals surface area (Å²) in [7, 11) is 4.34. The average Bonchev–Trinajstić information content (AvgIpc) is 2.92. The van der Waals surface area contributed by atoms with E-state index in [2.05, 4.69) is 15.2 Å². The monoisotopic (exact) mass is 252 g/mol. The first kappa shape index (κ1) is 13.9. The predicted octanol–water partition coefficient (Wildman–Crippen LogP) is 0.324. The van der Waals surface area contributed by atoms with Crippen LogP contribution in [-0.4, -0.2) is 42.7 Å². The smallest absolute Gasteiger partial charge is 0.359 e. The Bertz CT molecular complexity index is 439. The van der Waals surface area contributed by atoms with E-state index >= 15 is 0 Å². The van der Waals surface area contributed by atoms with Crippen molar-refractivity contribution < 1.29 is 14.3 Å². The zero-order valence-electron chi connectivity index (χ0n) is 10.5. The molecule has 0 bridgehead atoms. The molecule has 1 aromatic heterocycles. The van der Waals surface area contributed by atoms with E-state index in [4.69, 9.17) is 10.1 Å². The first-order valence-electron chi connectivity index (χ1n) is 5.23. The third-order valence-corrected chi connectivity index (χ3v) is 2.27. The van der Waals surface area contributed by atoms with Crippen LogP contribution in [0.25, 0.3) is 0 Å². The van der Waals surface area contributed by atoms with E-state index in [1.807, 2.05) is 0 Å². The summed E-state index contributed by atoms with van der Waals surface area (Å²) in [6, 6.07) is 1.77. The lowest BCUT2D eigenvalue weighted by atomic mass is 10.2. The number of hydrogen-bond acceptors (Lipinski definition) is 6. The van der Waals surface area contributed by atoms with Gasteiger partial charge in [0, 0.05) is 12.4 Å². The number of carbonyl (C=O) groups excluding carboxylic acids is 1. The van der Waals surface area contributed by atoms with Gasteiger partial charge in [0.25, 0.3) is 0 Å². The van der Waals surface area contributed by atoms with Crippen molar-refractivity contribution in [3.05, 3.63) is 30.3 Å². The number of carbonyl (C=O) groups is 1. The molecule has 0 fully saturated rings. The SMILES string of the molecule is CNC(/C=C(/OC)C(=N)C(=O)OC)n1cccn1. The van der Waals surface area contributed by atoms with Gasteiger partial charge < -0.3 is 9.47 Å². The highest BCUT2D eigenvalue weighted by Crippen LogP contribution is 2.08. The minimum Gasteiger partial charge on any atom is -0.494 e. The summed E-state index contributed by atoms with van der Waals surface area (Å²) in [5, 5.41) is 14.7. The molecule has 1 rings (SSSR count). The molecule has 7 heteroatoms. The Kier molecular flexibility index (Phi) is 5.06. The normalized spacial score (nSPS) is 12.9. The molecule has 1 aromatic rings. The van der Waals surface area contributed by atoms with Gasteiger partial charge in [0.05, 0.1) is 14.2 Å². The summed E-state index contributed by atoms with van der Waals surface area (Å²) in [4.78, 5) is 11.3. The van der Waals surface area contributed by atoms with Crippen LogP contribution in [0, 0.1) is 5.41 Å². The van der Waals surface area contributed by atoms with Crippen LogP contribution in [0.15, 0.2) is 30.3 Å². The maximum atomic E-state index is 11.3. The van der Waals surface area contributed by atoms with Crippen molar-refractivity contribution in [2.24, 2.45) is 0 Å². The van der Waals surface area contributed by atoms with Gasteiger partial charge in [-0.15, -0.1) is 0 Å². The van der Waals surface area contributed by atoms with Crippen LogP contribution in [-0.2, 0) is 14.3 Å². The Morgan fingerprint density at radius 2 is 2.22 bits per heavy atom. The van der Waals surface area contributed by atoms with Gasteiger partial charge in [-0.1, -0.05) is 0 Å². The zero-order valence-corrected chi connectivity index (χ0v) is 10.5. The molecule has 0 amide bonds. The molecule has 0 aromatic carbocycles. The fourth-order valence-corrected chi connectivity index (χ4v) is 1.34. The van der Waals surface area contributed by atoms with Gasteiger partial charge in [0.15, 0.2) is 11.5 Å². The van der Waals surface area contributed by atoms with E-state index in [-0.39, 0.29) is 17.6 Å². The minimum atomic E-state index is -0.751. The summed E-state index contributed by atoms with van der Waals surface area (Å²) < 4.78 is 11.1. The molecule has 18 heavy (non-hydrogen) atoms. The third kappa shape index (κ3) is 3.17. The Morgan fingerprint density at radius 1 is 1.50 bits per heavy atom. The van der Waals surface area contributed by atoms with Crippen molar-refractivity contribution in [3.8, 4) is 0 Å². The molecular weight excluding hydrogens is 236 g/mol. The zero-order chi connectivity index (χ0) is 13.5. The van der Waals surface area contributed by atoms with Gasteiger partial charge in [0.2, 0.25) is 0 Å². The molecule has 98 valence electrons. The van der Waals surface area contributed by atoms with E-state index in [0.29, 0.717) is 0 Å². The number of likely N-dealkylation sites (N-methyl/N-ethyl adjacent to an activating group) is 1. The van der Waals surface area contributed by atoms with Gasteiger partial charge in [-0.2, -0.15) is 5.10 Å². The summed E-state index contributed by atoms with van der Waals surface area (Å²) in [5.41, 5.74) is -0.340. The first-order valence-corrected chi connectivity index (χ1v) is 5.23. The quantitative estimate of drug-likeness (QED) is 0.432. The van der Waals surface area contributed by atoms with Crippen LogP contribution in [0.2, 0.25) is 0 Å². The van der Waals surface area contributed by atoms with Crippen molar-refractivity contribution in [1.82, 2.24) is 15.1 Å². The van der Waals surface area contributed by atoms with E-state index < -0.39 is 5.97 Å². The topological polar surface area (TPSA) is 89.2 Å². The van der Waals surface area contributed by atoms with Crippen molar-refractivity contribution in [3.63, 3.8) is 0 Å². The van der Waals surface area contributed by atoms with Crippen LogP contribution in [0.1, 0.15) is 6.17 Å². The fourth-order valence-electron chi connectivity index (χ4n) is 1.34. The van der Waals surface area contributed by atoms with Gasteiger partial charge in [-0.25, -0.2) is 4.79 Å². The van der Waals surface area contributed by atoms with E-state index in [1.54, 1.807) is 36.3 Å². The van der Waals surface area contributed by atoms with Crippen LogP contribution in [0.4, 0.5) is 0 Å². The molecule has 2 N–H and O–H groups in total. The van der Waals surface area contributed by atoms with Gasteiger partial charge >= 0.3 is 5.97 Å². The van der Waals surface area contributed by atoms with Crippen molar-refractivity contribution in [1.29, 1.82) is 5.41 Å². The van der Waals surface area contributed by atoms with Crippen LogP contribution in [0.5, 0.6) is 0 Å². The average molecular weight is 252 g/mol. The van der Waals surface area contributed by atoms with Crippen molar-refractivity contribution >= 4 is 11.7 Å². The Labute approximate surface area is 105 Å². The summed E-state index contributed by atoms with van der Waals surface area (Å²) in [6.45, 7) is 0. The molecular formula is C11H16N4O3. The second-order valence-corrected chi connectivity index (χ2v) is 3.32. The van der Waals surface area contributed by atoms with Gasteiger partial charge in [-0.3, -0.25) is 15.4 Å². The molecule has 0 saturated carbocycles. The fraction of sp³-hybridized carbons (Fsp3) is 0.364. The molecule has 1 atom stereocenters. The Morgan fingerprint density at radius 3 is 2.67 bits per heavy atom. The third-order valence-electron chi connectivity index (χ3n) is 2.27. The van der Waals surface area contributed by atoms with Gasteiger partial charge in [-0.05, 0) is 19.2 Å². The molecule has 1 unspecified atom stereocenters. The molecule has 0 saturated heterocycles. The van der Waals surface area contributed by atoms with E-state index in [0.717, 1.165) is 0 Å². The van der Waals surface area contributed by atoms with Crippen LogP contribution in [0.3, 0.4) is 0 Å². The van der Waals surface area contributed by atoms with Gasteiger partial charge in [0.1, 0.15) is 6.17 Å². The Balaban J connectivity index is 2.95. The minimum absolute atomic E-state index is 0.122. The number of hydrogen-bond donors (Lipinski definition) is 2. The lowest BCUT2D eigenvalue weighted by molar-refractivity contribution is -0.132. The van der Waals surface area contributed by atoms with Crippen molar-refractivity contribution in [2.75, 3.05) is 21.3 Å². The first-order chi connectivity index (χ1) is 8.63. The Hall–Kier alpha value is -2.15. The molecule has 7 nitrogen and oxygen atoms in total. The number of rotatable bonds is 6. The van der Waals surface area contributed by atoms with E-state index in [1.165, 1.54) is 14.2 Å². The second kappa shape index (κ2) is 6.55. The molecule has 0 aliphatic rings. The molecule has 0 radical (unpaired) electrons. The largest absolute Gasteiger partial charge is 0.494 e. The maximum absolute atomic E-state index is 11.3. The predicted molar refractivity (Wildman–Crippen MR) is 65.2 cm³/mol. The summed E-state index contributed by atoms with van der Waals surface area (Å²) in [5.74, 6) is -0.630. The highest BCUT2D eigenvalue weighted by Gasteiger charge is 2.18. The molecule has 0 aliphatic heterocycles. The number of nitrogens with one attached hydrogen (secondary N) is 2. The van der Waals surface area contributed by atoms with Crippen LogP contribution < -0.4 is 5.32 Å². The number of nitrogens with zero attached hydrogens (tertiary/aromatic N) is 2. The highest BCUT2D eigenvalue weighted by atomic mass is 16.5. The molecule has 0 aliphatic carbocycles. The number of aromatic nitrogens is 2. The lowest BCUT2D eigenvalue weighted by Gasteiger charge is -2.14. The molecule has 0 spiro atoms. The summed E-state index contributed by atoms with van der Waals surface area (Å²) in [6.07, 6.45) is 4.65. The van der Waals surface area contributed by atoms with E-state index in [9.17, 15) is 4.79 Å².